The molecular formula is C24H30Cl2N2O3. The number of carbonyl (C=O) groups is 2. The summed E-state index contributed by atoms with van der Waals surface area (Å²) in [6, 6.07) is 12.0. The standard InChI is InChI=1S/C24H30Cl2N2O3/c1-5-21(24(30)27-13-16(2)3)28(14-18-10-11-19(25)12-20(18)26)23(29)15-31-22-9-7-6-8-17(22)4/h6-12,16,21H,5,13-15H2,1-4H3,(H,27,30)/t21-/m1/s1. The van der Waals surface area contributed by atoms with Crippen molar-refractivity contribution in [1.29, 1.82) is 0 Å². The SMILES string of the molecule is CC[C@H](C(=O)NCC(C)C)N(Cc1ccc(Cl)cc1Cl)C(=O)COc1ccccc1C. The second-order valence-electron chi connectivity index (χ2n) is 7.87. The number of carbonyl (C=O) groups excluding carboxylic acids is 2. The summed E-state index contributed by atoms with van der Waals surface area (Å²) in [5, 5.41) is 3.89. The first-order chi connectivity index (χ1) is 14.7. The van der Waals surface area contributed by atoms with Crippen LogP contribution >= 0.6 is 23.2 Å². The molecule has 2 aromatic carbocycles. The Morgan fingerprint density at radius 3 is 2.45 bits per heavy atom. The van der Waals surface area contributed by atoms with Gasteiger partial charge in [-0.15, -0.1) is 0 Å². The van der Waals surface area contributed by atoms with Gasteiger partial charge in [0, 0.05) is 23.1 Å². The molecule has 0 saturated heterocycles. The molecule has 2 rings (SSSR count). The van der Waals surface area contributed by atoms with Crippen molar-refractivity contribution in [2.45, 2.75) is 46.7 Å². The number of hydrogen-bond donors (Lipinski definition) is 1. The van der Waals surface area contributed by atoms with E-state index < -0.39 is 6.04 Å². The first-order valence-electron chi connectivity index (χ1n) is 10.4. The predicted octanol–water partition coefficient (Wildman–Crippen LogP) is 5.26. The van der Waals surface area contributed by atoms with E-state index in [1.807, 2.05) is 52.0 Å². The maximum atomic E-state index is 13.2. The Kier molecular flexibility index (Phi) is 9.66. The summed E-state index contributed by atoms with van der Waals surface area (Å²) < 4.78 is 5.76. The molecule has 0 heterocycles. The minimum Gasteiger partial charge on any atom is -0.484 e. The van der Waals surface area contributed by atoms with Gasteiger partial charge in [0.15, 0.2) is 6.61 Å². The Labute approximate surface area is 194 Å². The largest absolute Gasteiger partial charge is 0.484 e. The van der Waals surface area contributed by atoms with E-state index in [-0.39, 0.29) is 25.0 Å². The molecule has 0 bridgehead atoms. The summed E-state index contributed by atoms with van der Waals surface area (Å²) in [5.41, 5.74) is 1.65. The van der Waals surface area contributed by atoms with Gasteiger partial charge in [-0.05, 0) is 48.6 Å². The predicted molar refractivity (Wildman–Crippen MR) is 126 cm³/mol. The summed E-state index contributed by atoms with van der Waals surface area (Å²) in [4.78, 5) is 27.6. The van der Waals surface area contributed by atoms with Crippen LogP contribution < -0.4 is 10.1 Å². The molecule has 31 heavy (non-hydrogen) atoms. The molecule has 2 amide bonds. The molecule has 0 saturated carbocycles. The first kappa shape index (κ1) is 25.0. The lowest BCUT2D eigenvalue weighted by atomic mass is 10.1. The van der Waals surface area contributed by atoms with E-state index in [2.05, 4.69) is 5.32 Å². The number of hydrogen-bond acceptors (Lipinski definition) is 3. The molecule has 0 aliphatic carbocycles. The number of halogens is 2. The lowest BCUT2D eigenvalue weighted by Gasteiger charge is -2.31. The number of aryl methyl sites for hydroxylation is 1. The average Bonchev–Trinajstić information content (AvgIpc) is 2.72. The number of amides is 2. The van der Waals surface area contributed by atoms with Gasteiger partial charge in [0.1, 0.15) is 11.8 Å². The molecule has 5 nitrogen and oxygen atoms in total. The third kappa shape index (κ3) is 7.44. The van der Waals surface area contributed by atoms with Crippen molar-refractivity contribution in [1.82, 2.24) is 10.2 Å². The van der Waals surface area contributed by atoms with E-state index in [0.717, 1.165) is 5.56 Å². The lowest BCUT2D eigenvalue weighted by molar-refractivity contribution is -0.143. The second-order valence-corrected chi connectivity index (χ2v) is 8.72. The lowest BCUT2D eigenvalue weighted by Crippen LogP contribution is -2.50. The topological polar surface area (TPSA) is 58.6 Å². The van der Waals surface area contributed by atoms with Gasteiger partial charge in [-0.2, -0.15) is 0 Å². The van der Waals surface area contributed by atoms with Gasteiger partial charge in [-0.25, -0.2) is 0 Å². The quantitative estimate of drug-likeness (QED) is 0.521. The van der Waals surface area contributed by atoms with Gasteiger partial charge in [0.25, 0.3) is 5.91 Å². The minimum atomic E-state index is -0.640. The molecule has 0 aliphatic rings. The van der Waals surface area contributed by atoms with Crippen molar-refractivity contribution in [3.63, 3.8) is 0 Å². The summed E-state index contributed by atoms with van der Waals surface area (Å²) >= 11 is 12.4. The molecule has 1 N–H and O–H groups in total. The zero-order valence-corrected chi connectivity index (χ0v) is 20.0. The fourth-order valence-electron chi connectivity index (χ4n) is 3.12. The Morgan fingerprint density at radius 1 is 1.13 bits per heavy atom. The van der Waals surface area contributed by atoms with Crippen LogP contribution in [0.4, 0.5) is 0 Å². The highest BCUT2D eigenvalue weighted by Crippen LogP contribution is 2.24. The van der Waals surface area contributed by atoms with Crippen molar-refractivity contribution in [2.24, 2.45) is 5.92 Å². The average molecular weight is 465 g/mol. The fraction of sp³-hybridized carbons (Fsp3) is 0.417. The number of nitrogens with one attached hydrogen (secondary N) is 1. The van der Waals surface area contributed by atoms with Crippen LogP contribution in [-0.4, -0.2) is 35.9 Å². The molecule has 168 valence electrons. The first-order valence-corrected chi connectivity index (χ1v) is 11.2. The van der Waals surface area contributed by atoms with E-state index in [4.69, 9.17) is 27.9 Å². The van der Waals surface area contributed by atoms with Crippen LogP contribution in [0.2, 0.25) is 10.0 Å². The van der Waals surface area contributed by atoms with Crippen molar-refractivity contribution in [3.05, 3.63) is 63.6 Å². The van der Waals surface area contributed by atoms with Crippen LogP contribution in [0, 0.1) is 12.8 Å². The van der Waals surface area contributed by atoms with Crippen molar-refractivity contribution in [2.75, 3.05) is 13.2 Å². The number of ether oxygens (including phenoxy) is 1. The zero-order valence-electron chi connectivity index (χ0n) is 18.5. The van der Waals surface area contributed by atoms with E-state index in [9.17, 15) is 9.59 Å². The van der Waals surface area contributed by atoms with E-state index in [0.29, 0.717) is 40.2 Å². The minimum absolute atomic E-state index is 0.177. The highest BCUT2D eigenvalue weighted by atomic mass is 35.5. The maximum Gasteiger partial charge on any atom is 0.261 e. The van der Waals surface area contributed by atoms with Gasteiger partial charge in [0.2, 0.25) is 5.91 Å². The van der Waals surface area contributed by atoms with E-state index in [1.54, 1.807) is 18.2 Å². The maximum absolute atomic E-state index is 13.2. The molecule has 0 spiro atoms. The van der Waals surface area contributed by atoms with Crippen LogP contribution in [0.5, 0.6) is 5.75 Å². The number of nitrogens with zero attached hydrogens (tertiary/aromatic N) is 1. The smallest absolute Gasteiger partial charge is 0.261 e. The molecule has 0 unspecified atom stereocenters. The van der Waals surface area contributed by atoms with Gasteiger partial charge in [0.05, 0.1) is 0 Å². The van der Waals surface area contributed by atoms with Crippen LogP contribution in [-0.2, 0) is 16.1 Å². The number of rotatable bonds is 10. The highest BCUT2D eigenvalue weighted by Gasteiger charge is 2.29. The second kappa shape index (κ2) is 12.0. The van der Waals surface area contributed by atoms with E-state index >= 15 is 0 Å². The molecule has 0 aromatic heterocycles. The Balaban J connectivity index is 2.25. The van der Waals surface area contributed by atoms with Crippen LogP contribution in [0.1, 0.15) is 38.3 Å². The summed E-state index contributed by atoms with van der Waals surface area (Å²) in [7, 11) is 0. The normalized spacial score (nSPS) is 11.8. The molecule has 0 fully saturated rings. The Morgan fingerprint density at radius 2 is 1.84 bits per heavy atom. The summed E-state index contributed by atoms with van der Waals surface area (Å²) in [5.74, 6) is 0.463. The van der Waals surface area contributed by atoms with Gasteiger partial charge < -0.3 is 15.0 Å². The fourth-order valence-corrected chi connectivity index (χ4v) is 3.58. The van der Waals surface area contributed by atoms with Crippen LogP contribution in [0.15, 0.2) is 42.5 Å². The third-order valence-electron chi connectivity index (χ3n) is 4.87. The zero-order chi connectivity index (χ0) is 23.0. The van der Waals surface area contributed by atoms with Gasteiger partial charge >= 0.3 is 0 Å². The molecule has 7 heteroatoms. The summed E-state index contributed by atoms with van der Waals surface area (Å²) in [6.45, 7) is 8.38. The van der Waals surface area contributed by atoms with Crippen LogP contribution in [0.3, 0.4) is 0 Å². The van der Waals surface area contributed by atoms with Gasteiger partial charge in [-0.3, -0.25) is 9.59 Å². The van der Waals surface area contributed by atoms with Crippen molar-refractivity contribution >= 4 is 35.0 Å². The van der Waals surface area contributed by atoms with Crippen molar-refractivity contribution < 1.29 is 14.3 Å². The Bertz CT molecular complexity index is 902. The molecule has 0 aliphatic heterocycles. The summed E-state index contributed by atoms with van der Waals surface area (Å²) in [6.07, 6.45) is 0.464. The van der Waals surface area contributed by atoms with Crippen LogP contribution in [0.25, 0.3) is 0 Å². The third-order valence-corrected chi connectivity index (χ3v) is 5.46. The number of para-hydroxylation sites is 1. The number of benzene rings is 2. The van der Waals surface area contributed by atoms with Gasteiger partial charge in [-0.1, -0.05) is 68.2 Å². The molecule has 2 aromatic rings. The Hall–Kier alpha value is -2.24. The highest BCUT2D eigenvalue weighted by molar-refractivity contribution is 6.35. The molecular weight excluding hydrogens is 435 g/mol. The molecule has 1 atom stereocenters. The van der Waals surface area contributed by atoms with Crippen molar-refractivity contribution in [3.8, 4) is 5.75 Å². The monoisotopic (exact) mass is 464 g/mol. The van der Waals surface area contributed by atoms with E-state index in [1.165, 1.54) is 4.90 Å². The molecule has 0 radical (unpaired) electrons.